The number of allylic oxidation sites excluding steroid dienone is 1. The molecule has 0 N–H and O–H groups in total. The molecule has 1 fully saturated rings. The fourth-order valence-electron chi connectivity index (χ4n) is 3.31. The largest absolute Gasteiger partial charge is 0.494 e. The predicted molar refractivity (Wildman–Crippen MR) is 84.0 cm³/mol. The summed E-state index contributed by atoms with van der Waals surface area (Å²) in [6.07, 6.45) is 4.08. The first kappa shape index (κ1) is 16.5. The molecular weight excluding hydrogens is 266 g/mol. The molecule has 1 unspecified atom stereocenters. The lowest BCUT2D eigenvalue weighted by atomic mass is 9.85. The van der Waals surface area contributed by atoms with Crippen LogP contribution in [0.25, 0.3) is 0 Å². The third-order valence-corrected chi connectivity index (χ3v) is 4.91. The molecule has 0 saturated carbocycles. The molecule has 21 heavy (non-hydrogen) atoms. The molecule has 1 saturated heterocycles. The molecule has 0 spiro atoms. The van der Waals surface area contributed by atoms with E-state index < -0.39 is 5.79 Å². The van der Waals surface area contributed by atoms with Crippen LogP contribution in [0, 0.1) is 0 Å². The number of likely N-dealkylation sites (N-methyl/N-ethyl adjacent to an activating group) is 1. The number of nitrogens with zero attached hydrogens (tertiary/aromatic N) is 1. The minimum Gasteiger partial charge on any atom is -0.494 e. The molecule has 0 aromatic heterocycles. The average Bonchev–Trinajstić information content (AvgIpc) is 2.96. The van der Waals surface area contributed by atoms with Crippen LogP contribution in [0.5, 0.6) is 0 Å². The van der Waals surface area contributed by atoms with Crippen LogP contribution < -0.4 is 0 Å². The van der Waals surface area contributed by atoms with Crippen molar-refractivity contribution >= 4 is 0 Å². The zero-order valence-corrected chi connectivity index (χ0v) is 14.3. The third kappa shape index (κ3) is 3.03. The van der Waals surface area contributed by atoms with Crippen LogP contribution in [-0.2, 0) is 14.2 Å². The quantitative estimate of drug-likeness (QED) is 0.753. The number of hydrogen-bond acceptors (Lipinski definition) is 4. The summed E-state index contributed by atoms with van der Waals surface area (Å²) in [6, 6.07) is 0. The molecular formula is C17H29NO3. The molecule has 0 aromatic rings. The van der Waals surface area contributed by atoms with E-state index in [1.54, 1.807) is 0 Å². The highest BCUT2D eigenvalue weighted by Crippen LogP contribution is 2.42. The maximum atomic E-state index is 5.80. The second kappa shape index (κ2) is 6.11. The Morgan fingerprint density at radius 3 is 2.33 bits per heavy atom. The highest BCUT2D eigenvalue weighted by Gasteiger charge is 2.42. The summed E-state index contributed by atoms with van der Waals surface area (Å²) in [6.45, 7) is 10.5. The summed E-state index contributed by atoms with van der Waals surface area (Å²) in [5.74, 6) is 0.571. The molecule has 1 aliphatic carbocycles. The number of rotatable bonds is 6. The van der Waals surface area contributed by atoms with Crippen LogP contribution in [-0.4, -0.2) is 50.1 Å². The highest BCUT2D eigenvalue weighted by atomic mass is 16.7. The number of ether oxygens (including phenoxy) is 3. The van der Waals surface area contributed by atoms with Gasteiger partial charge in [0.05, 0.1) is 25.4 Å². The van der Waals surface area contributed by atoms with Crippen molar-refractivity contribution in [3.05, 3.63) is 23.0 Å². The summed E-state index contributed by atoms with van der Waals surface area (Å²) < 4.78 is 17.3. The Morgan fingerprint density at radius 1 is 1.19 bits per heavy atom. The molecule has 4 nitrogen and oxygen atoms in total. The molecule has 4 heteroatoms. The maximum absolute atomic E-state index is 5.80. The molecule has 0 radical (unpaired) electrons. The van der Waals surface area contributed by atoms with Crippen molar-refractivity contribution in [2.24, 2.45) is 0 Å². The Labute approximate surface area is 128 Å². The van der Waals surface area contributed by atoms with Crippen molar-refractivity contribution in [3.63, 3.8) is 0 Å². The van der Waals surface area contributed by atoms with Gasteiger partial charge in [0, 0.05) is 6.42 Å². The van der Waals surface area contributed by atoms with E-state index in [4.69, 9.17) is 14.2 Å². The average molecular weight is 295 g/mol. The van der Waals surface area contributed by atoms with E-state index in [9.17, 15) is 0 Å². The Morgan fingerprint density at radius 2 is 1.81 bits per heavy atom. The zero-order valence-electron chi connectivity index (χ0n) is 14.3. The third-order valence-electron chi connectivity index (χ3n) is 4.91. The molecule has 0 bridgehead atoms. The van der Waals surface area contributed by atoms with Gasteiger partial charge in [-0.1, -0.05) is 0 Å². The Bertz CT molecular complexity index is 447. The minimum atomic E-state index is -0.445. The van der Waals surface area contributed by atoms with Crippen molar-refractivity contribution in [2.75, 3.05) is 33.9 Å². The van der Waals surface area contributed by atoms with Gasteiger partial charge in [0.15, 0.2) is 5.79 Å². The normalized spacial score (nSPS) is 28.4. The first-order chi connectivity index (χ1) is 9.84. The lowest BCUT2D eigenvalue weighted by Crippen LogP contribution is -2.44. The van der Waals surface area contributed by atoms with Crippen LogP contribution in [0.15, 0.2) is 23.0 Å². The summed E-state index contributed by atoms with van der Waals surface area (Å²) in [7, 11) is 4.25. The van der Waals surface area contributed by atoms with Gasteiger partial charge in [0.25, 0.3) is 0 Å². The van der Waals surface area contributed by atoms with Gasteiger partial charge in [-0.2, -0.15) is 0 Å². The van der Waals surface area contributed by atoms with Crippen molar-refractivity contribution in [1.82, 2.24) is 4.90 Å². The Balaban J connectivity index is 2.22. The van der Waals surface area contributed by atoms with Crippen LogP contribution in [0.4, 0.5) is 0 Å². The second-order valence-electron chi connectivity index (χ2n) is 6.34. The minimum absolute atomic E-state index is 0.104. The van der Waals surface area contributed by atoms with Gasteiger partial charge in [-0.25, -0.2) is 0 Å². The fraction of sp³-hybridized carbons (Fsp3) is 0.765. The molecule has 1 heterocycles. The highest BCUT2D eigenvalue weighted by molar-refractivity contribution is 5.47. The van der Waals surface area contributed by atoms with Crippen LogP contribution in [0.2, 0.25) is 0 Å². The fourth-order valence-corrected chi connectivity index (χ4v) is 3.31. The summed E-state index contributed by atoms with van der Waals surface area (Å²) in [5, 5.41) is 0. The zero-order chi connectivity index (χ0) is 15.7. The van der Waals surface area contributed by atoms with Crippen molar-refractivity contribution < 1.29 is 14.2 Å². The molecule has 2 aliphatic rings. The lowest BCUT2D eigenvalue weighted by molar-refractivity contribution is -0.150. The molecule has 0 amide bonds. The van der Waals surface area contributed by atoms with E-state index >= 15 is 0 Å². The number of hydrogen-bond donors (Lipinski definition) is 0. The van der Waals surface area contributed by atoms with E-state index in [1.165, 1.54) is 11.1 Å². The second-order valence-corrected chi connectivity index (χ2v) is 6.34. The Hall–Kier alpha value is -0.840. The maximum Gasteiger partial charge on any atom is 0.165 e. The summed E-state index contributed by atoms with van der Waals surface area (Å²) >= 11 is 0. The summed E-state index contributed by atoms with van der Waals surface area (Å²) in [5.41, 5.74) is 2.51. The van der Waals surface area contributed by atoms with Gasteiger partial charge in [-0.05, 0) is 65.4 Å². The van der Waals surface area contributed by atoms with Gasteiger partial charge in [-0.3, -0.25) is 4.90 Å². The summed E-state index contributed by atoms with van der Waals surface area (Å²) in [4.78, 5) is 2.27. The molecule has 120 valence electrons. The van der Waals surface area contributed by atoms with Crippen molar-refractivity contribution in [1.29, 1.82) is 0 Å². The van der Waals surface area contributed by atoms with Crippen molar-refractivity contribution in [2.45, 2.75) is 51.9 Å². The van der Waals surface area contributed by atoms with E-state index in [1.807, 2.05) is 13.8 Å². The van der Waals surface area contributed by atoms with Gasteiger partial charge < -0.3 is 14.2 Å². The van der Waals surface area contributed by atoms with Gasteiger partial charge in [0.1, 0.15) is 5.76 Å². The van der Waals surface area contributed by atoms with Crippen molar-refractivity contribution in [3.8, 4) is 0 Å². The molecule has 1 atom stereocenters. The SMILES string of the molecule is CCOC1=CC(CCC2(C)OCCO2)(N(C)C)C(C)=C1C. The van der Waals surface area contributed by atoms with E-state index in [2.05, 4.69) is 38.9 Å². The standard InChI is InChI=1S/C17H29NO3/c1-7-19-15-12-17(18(5)6,14(3)13(15)2)9-8-16(4)20-10-11-21-16/h12H,7-11H2,1-6H3. The van der Waals surface area contributed by atoms with Gasteiger partial charge >= 0.3 is 0 Å². The Kier molecular flexibility index (Phi) is 4.81. The first-order valence-corrected chi connectivity index (χ1v) is 7.84. The topological polar surface area (TPSA) is 30.9 Å². The smallest absolute Gasteiger partial charge is 0.165 e. The van der Waals surface area contributed by atoms with Crippen LogP contribution in [0.1, 0.15) is 40.5 Å². The van der Waals surface area contributed by atoms with E-state index in [0.29, 0.717) is 19.8 Å². The van der Waals surface area contributed by atoms with Gasteiger partial charge in [-0.15, -0.1) is 0 Å². The molecule has 2 rings (SSSR count). The van der Waals surface area contributed by atoms with Gasteiger partial charge in [0.2, 0.25) is 0 Å². The van der Waals surface area contributed by atoms with E-state index in [-0.39, 0.29) is 5.54 Å². The molecule has 0 aromatic carbocycles. The van der Waals surface area contributed by atoms with E-state index in [0.717, 1.165) is 18.6 Å². The molecule has 1 aliphatic heterocycles. The van der Waals surface area contributed by atoms with Crippen LogP contribution in [0.3, 0.4) is 0 Å². The monoisotopic (exact) mass is 295 g/mol. The van der Waals surface area contributed by atoms with Crippen LogP contribution >= 0.6 is 0 Å². The predicted octanol–water partition coefficient (Wildman–Crippen LogP) is 3.10. The first-order valence-electron chi connectivity index (χ1n) is 7.84. The lowest BCUT2D eigenvalue weighted by Gasteiger charge is -2.38.